The lowest BCUT2D eigenvalue weighted by Gasteiger charge is -2.29. The van der Waals surface area contributed by atoms with E-state index in [1.54, 1.807) is 13.2 Å². The number of methoxy groups -OCH3 is 1. The van der Waals surface area contributed by atoms with Crippen molar-refractivity contribution >= 4 is 23.5 Å². The number of amides is 2. The number of benzene rings is 3. The van der Waals surface area contributed by atoms with Crippen LogP contribution < -0.4 is 4.74 Å². The number of ether oxygens (including phenoxy) is 1. The molecular formula is C25H21NO3. The fourth-order valence-electron chi connectivity index (χ4n) is 3.50. The molecule has 0 aromatic heterocycles. The topological polar surface area (TPSA) is 46.6 Å². The maximum absolute atomic E-state index is 13.4. The SMILES string of the molecule is COc1ccc(CN2C(=O)C(=Cc3ccccc3C)c3ccccc3C2=O)cc1. The van der Waals surface area contributed by atoms with E-state index >= 15 is 0 Å². The summed E-state index contributed by atoms with van der Waals surface area (Å²) in [6.45, 7) is 2.22. The quantitative estimate of drug-likeness (QED) is 0.483. The molecule has 2 amide bonds. The minimum Gasteiger partial charge on any atom is -0.497 e. The van der Waals surface area contributed by atoms with Crippen molar-refractivity contribution in [2.45, 2.75) is 13.5 Å². The Labute approximate surface area is 170 Å². The van der Waals surface area contributed by atoms with Crippen LogP contribution in [0.15, 0.2) is 72.8 Å². The number of aryl methyl sites for hydroxylation is 1. The first-order valence-corrected chi connectivity index (χ1v) is 9.44. The number of hydrogen-bond acceptors (Lipinski definition) is 3. The summed E-state index contributed by atoms with van der Waals surface area (Å²) in [5, 5.41) is 0. The molecule has 1 heterocycles. The molecule has 3 aromatic rings. The van der Waals surface area contributed by atoms with E-state index in [1.807, 2.05) is 79.7 Å². The normalized spacial score (nSPS) is 14.8. The van der Waals surface area contributed by atoms with Gasteiger partial charge in [-0.15, -0.1) is 0 Å². The van der Waals surface area contributed by atoms with Gasteiger partial charge in [-0.05, 0) is 53.5 Å². The Hall–Kier alpha value is -3.66. The second kappa shape index (κ2) is 7.76. The van der Waals surface area contributed by atoms with Gasteiger partial charge in [0.25, 0.3) is 11.8 Å². The Balaban J connectivity index is 1.77. The van der Waals surface area contributed by atoms with E-state index in [0.717, 1.165) is 22.4 Å². The van der Waals surface area contributed by atoms with Crippen LogP contribution in [0, 0.1) is 6.92 Å². The predicted octanol–water partition coefficient (Wildman–Crippen LogP) is 4.73. The van der Waals surface area contributed by atoms with E-state index < -0.39 is 0 Å². The van der Waals surface area contributed by atoms with Crippen LogP contribution in [0.3, 0.4) is 0 Å². The Morgan fingerprint density at radius 3 is 2.17 bits per heavy atom. The minimum absolute atomic E-state index is 0.209. The lowest BCUT2D eigenvalue weighted by atomic mass is 9.91. The van der Waals surface area contributed by atoms with Gasteiger partial charge >= 0.3 is 0 Å². The monoisotopic (exact) mass is 383 g/mol. The zero-order valence-corrected chi connectivity index (χ0v) is 16.4. The Kier molecular flexibility index (Phi) is 5.00. The molecule has 0 atom stereocenters. The van der Waals surface area contributed by atoms with Crippen LogP contribution >= 0.6 is 0 Å². The summed E-state index contributed by atoms with van der Waals surface area (Å²) in [4.78, 5) is 27.7. The van der Waals surface area contributed by atoms with E-state index in [-0.39, 0.29) is 18.4 Å². The lowest BCUT2D eigenvalue weighted by molar-refractivity contribution is -0.123. The van der Waals surface area contributed by atoms with E-state index in [9.17, 15) is 9.59 Å². The molecule has 0 saturated heterocycles. The molecule has 0 aliphatic carbocycles. The lowest BCUT2D eigenvalue weighted by Crippen LogP contribution is -2.41. The molecule has 0 bridgehead atoms. The molecule has 0 N–H and O–H groups in total. The van der Waals surface area contributed by atoms with E-state index in [0.29, 0.717) is 16.7 Å². The largest absolute Gasteiger partial charge is 0.497 e. The maximum Gasteiger partial charge on any atom is 0.261 e. The van der Waals surface area contributed by atoms with Crippen LogP contribution in [0.1, 0.15) is 32.6 Å². The fourth-order valence-corrected chi connectivity index (χ4v) is 3.50. The summed E-state index contributed by atoms with van der Waals surface area (Å²) in [5.41, 5.74) is 4.65. The number of carbonyl (C=O) groups excluding carboxylic acids is 2. The molecule has 4 heteroatoms. The molecule has 1 aliphatic rings. The van der Waals surface area contributed by atoms with Crippen molar-refractivity contribution in [1.29, 1.82) is 0 Å². The molecule has 29 heavy (non-hydrogen) atoms. The van der Waals surface area contributed by atoms with Crippen LogP contribution in [0.5, 0.6) is 5.75 Å². The highest BCUT2D eigenvalue weighted by molar-refractivity contribution is 6.33. The molecule has 0 unspecified atom stereocenters. The second-order valence-corrected chi connectivity index (χ2v) is 7.00. The Morgan fingerprint density at radius 1 is 0.828 bits per heavy atom. The van der Waals surface area contributed by atoms with Gasteiger partial charge in [0.1, 0.15) is 5.75 Å². The van der Waals surface area contributed by atoms with E-state index in [1.165, 1.54) is 4.90 Å². The molecule has 0 fully saturated rings. The Bertz CT molecular complexity index is 1110. The molecule has 3 aromatic carbocycles. The van der Waals surface area contributed by atoms with Crippen molar-refractivity contribution in [2.75, 3.05) is 7.11 Å². The second-order valence-electron chi connectivity index (χ2n) is 7.00. The summed E-state index contributed by atoms with van der Waals surface area (Å²) in [6.07, 6.45) is 1.88. The molecule has 1 aliphatic heterocycles. The molecule has 4 rings (SSSR count). The highest BCUT2D eigenvalue weighted by Gasteiger charge is 2.34. The number of imide groups is 1. The average Bonchev–Trinajstić information content (AvgIpc) is 2.76. The predicted molar refractivity (Wildman–Crippen MR) is 113 cm³/mol. The van der Waals surface area contributed by atoms with Crippen LogP contribution in [0.2, 0.25) is 0 Å². The van der Waals surface area contributed by atoms with Gasteiger partial charge in [0.2, 0.25) is 0 Å². The molecular weight excluding hydrogens is 362 g/mol. The summed E-state index contributed by atoms with van der Waals surface area (Å²) in [6, 6.07) is 22.6. The number of rotatable bonds is 4. The summed E-state index contributed by atoms with van der Waals surface area (Å²) in [7, 11) is 1.60. The molecule has 144 valence electrons. The zero-order chi connectivity index (χ0) is 20.4. The first-order chi connectivity index (χ1) is 14.1. The number of carbonyl (C=O) groups is 2. The van der Waals surface area contributed by atoms with E-state index in [2.05, 4.69) is 0 Å². The third kappa shape index (κ3) is 3.57. The van der Waals surface area contributed by atoms with Crippen molar-refractivity contribution < 1.29 is 14.3 Å². The van der Waals surface area contributed by atoms with Crippen molar-refractivity contribution in [3.8, 4) is 5.75 Å². The zero-order valence-electron chi connectivity index (χ0n) is 16.4. The molecule has 0 radical (unpaired) electrons. The van der Waals surface area contributed by atoms with Crippen LogP contribution in [-0.4, -0.2) is 23.8 Å². The van der Waals surface area contributed by atoms with Crippen molar-refractivity contribution in [1.82, 2.24) is 4.90 Å². The maximum atomic E-state index is 13.4. The van der Waals surface area contributed by atoms with Gasteiger partial charge in [-0.1, -0.05) is 54.6 Å². The van der Waals surface area contributed by atoms with Crippen LogP contribution in [-0.2, 0) is 11.3 Å². The summed E-state index contributed by atoms with van der Waals surface area (Å²) >= 11 is 0. The van der Waals surface area contributed by atoms with Crippen molar-refractivity contribution in [3.05, 3.63) is 101 Å². The summed E-state index contributed by atoms with van der Waals surface area (Å²) < 4.78 is 5.19. The van der Waals surface area contributed by atoms with Gasteiger partial charge in [0, 0.05) is 11.1 Å². The third-order valence-electron chi connectivity index (χ3n) is 5.16. The fraction of sp³-hybridized carbons (Fsp3) is 0.120. The summed E-state index contributed by atoms with van der Waals surface area (Å²) in [5.74, 6) is 0.173. The average molecular weight is 383 g/mol. The van der Waals surface area contributed by atoms with Gasteiger partial charge in [0.15, 0.2) is 0 Å². The van der Waals surface area contributed by atoms with Gasteiger partial charge in [-0.3, -0.25) is 14.5 Å². The minimum atomic E-state index is -0.284. The van der Waals surface area contributed by atoms with E-state index in [4.69, 9.17) is 4.74 Å². The first-order valence-electron chi connectivity index (χ1n) is 9.44. The number of hydrogen-bond donors (Lipinski definition) is 0. The van der Waals surface area contributed by atoms with Gasteiger partial charge in [0.05, 0.1) is 13.7 Å². The highest BCUT2D eigenvalue weighted by atomic mass is 16.5. The Morgan fingerprint density at radius 2 is 1.48 bits per heavy atom. The van der Waals surface area contributed by atoms with Gasteiger partial charge in [-0.25, -0.2) is 0 Å². The number of fused-ring (bicyclic) bond motifs is 1. The third-order valence-corrected chi connectivity index (χ3v) is 5.16. The molecule has 0 spiro atoms. The standard InChI is InChI=1S/C25H21NO3/c1-17-7-3-4-8-19(17)15-23-21-9-5-6-10-22(21)24(27)26(25(23)28)16-18-11-13-20(29-2)14-12-18/h3-15H,16H2,1-2H3. The van der Waals surface area contributed by atoms with Crippen LogP contribution in [0.4, 0.5) is 0 Å². The first kappa shape index (κ1) is 18.7. The number of nitrogens with zero attached hydrogens (tertiary/aromatic N) is 1. The highest BCUT2D eigenvalue weighted by Crippen LogP contribution is 2.32. The van der Waals surface area contributed by atoms with Crippen LogP contribution in [0.25, 0.3) is 11.6 Å². The molecule has 0 saturated carbocycles. The van der Waals surface area contributed by atoms with Crippen molar-refractivity contribution in [3.63, 3.8) is 0 Å². The van der Waals surface area contributed by atoms with Gasteiger partial charge in [-0.2, -0.15) is 0 Å². The smallest absolute Gasteiger partial charge is 0.261 e. The van der Waals surface area contributed by atoms with Crippen molar-refractivity contribution in [2.24, 2.45) is 0 Å². The molecule has 4 nitrogen and oxygen atoms in total. The van der Waals surface area contributed by atoms with Gasteiger partial charge < -0.3 is 4.74 Å².